The molecule has 2 heterocycles. The number of nitrogens with zero attached hydrogens (tertiary/aromatic N) is 4. The molecule has 7 nitrogen and oxygen atoms in total. The molecule has 0 bridgehead atoms. The Hall–Kier alpha value is -3.31. The van der Waals surface area contributed by atoms with Gasteiger partial charge in [-0.1, -0.05) is 30.9 Å². The zero-order chi connectivity index (χ0) is 18.5. The van der Waals surface area contributed by atoms with Gasteiger partial charge in [0, 0.05) is 12.1 Å². The molecular formula is C18H16N6OS. The highest BCUT2D eigenvalue weighted by Crippen LogP contribution is 2.20. The average Bonchev–Trinajstić information content (AvgIpc) is 2.67. The maximum Gasteiger partial charge on any atom is 0.332 e. The van der Waals surface area contributed by atoms with Crippen LogP contribution < -0.4 is 10.6 Å². The van der Waals surface area contributed by atoms with Crippen LogP contribution in [0.5, 0.6) is 0 Å². The third kappa shape index (κ3) is 3.84. The number of carbonyl (C=O) groups excluding carboxylic acids is 1. The van der Waals surface area contributed by atoms with Crippen molar-refractivity contribution in [2.24, 2.45) is 0 Å². The van der Waals surface area contributed by atoms with Gasteiger partial charge in [0.25, 0.3) is 0 Å². The van der Waals surface area contributed by atoms with Crippen molar-refractivity contribution in [3.63, 3.8) is 0 Å². The summed E-state index contributed by atoms with van der Waals surface area (Å²) in [6.45, 7) is 2.28. The Morgan fingerprint density at radius 3 is 2.77 bits per heavy atom. The Bertz CT molecular complexity index is 1000. The molecule has 2 amide bonds. The van der Waals surface area contributed by atoms with E-state index in [1.807, 2.05) is 31.2 Å². The first-order chi connectivity index (χ1) is 12.6. The van der Waals surface area contributed by atoms with E-state index >= 15 is 0 Å². The normalized spacial score (nSPS) is 10.2. The van der Waals surface area contributed by atoms with Crippen LogP contribution in [0.2, 0.25) is 0 Å². The molecule has 2 N–H and O–H groups in total. The molecule has 0 atom stereocenters. The van der Waals surface area contributed by atoms with Gasteiger partial charge < -0.3 is 5.32 Å². The molecule has 0 aliphatic carbocycles. The molecule has 1 aromatic carbocycles. The second-order valence-corrected chi connectivity index (χ2v) is 5.74. The molecule has 0 spiro atoms. The van der Waals surface area contributed by atoms with Gasteiger partial charge >= 0.3 is 6.03 Å². The number of benzene rings is 1. The molecule has 130 valence electrons. The Kier molecular flexibility index (Phi) is 5.20. The first-order valence-electron chi connectivity index (χ1n) is 7.84. The number of urea groups is 1. The predicted octanol–water partition coefficient (Wildman–Crippen LogP) is 3.45. The van der Waals surface area contributed by atoms with Gasteiger partial charge in [0.15, 0.2) is 11.5 Å². The third-order valence-corrected chi connectivity index (χ3v) is 3.99. The number of fused-ring (bicyclic) bond motifs is 1. The number of hydrogen-bond donors (Lipinski definition) is 3. The lowest BCUT2D eigenvalue weighted by Crippen LogP contribution is -2.27. The van der Waals surface area contributed by atoms with Crippen LogP contribution in [-0.2, 0) is 0 Å². The molecule has 26 heavy (non-hydrogen) atoms. The van der Waals surface area contributed by atoms with E-state index in [0.29, 0.717) is 29.3 Å². The van der Waals surface area contributed by atoms with E-state index in [2.05, 4.69) is 44.3 Å². The van der Waals surface area contributed by atoms with E-state index in [1.165, 1.54) is 4.31 Å². The third-order valence-electron chi connectivity index (χ3n) is 3.52. The monoisotopic (exact) mass is 364 g/mol. The summed E-state index contributed by atoms with van der Waals surface area (Å²) in [6, 6.07) is 10.5. The number of terminal acetylenes is 1. The molecule has 0 aliphatic heterocycles. The van der Waals surface area contributed by atoms with Crippen LogP contribution in [0.1, 0.15) is 12.5 Å². The zero-order valence-electron chi connectivity index (χ0n) is 14.0. The maximum absolute atomic E-state index is 11.9. The van der Waals surface area contributed by atoms with E-state index < -0.39 is 0 Å². The summed E-state index contributed by atoms with van der Waals surface area (Å²) in [5, 5.41) is 5.80. The van der Waals surface area contributed by atoms with Gasteiger partial charge in [0.1, 0.15) is 11.3 Å². The smallest absolute Gasteiger partial charge is 0.332 e. The van der Waals surface area contributed by atoms with Crippen LogP contribution in [0, 0.1) is 12.3 Å². The summed E-state index contributed by atoms with van der Waals surface area (Å²) in [5.41, 5.74) is 2.48. The molecular weight excluding hydrogens is 348 g/mol. The second kappa shape index (κ2) is 7.72. The van der Waals surface area contributed by atoms with Crippen molar-refractivity contribution in [3.05, 3.63) is 48.2 Å². The Labute approximate surface area is 156 Å². The minimum atomic E-state index is -0.368. The Morgan fingerprint density at radius 2 is 2.00 bits per heavy atom. The van der Waals surface area contributed by atoms with Crippen LogP contribution in [0.25, 0.3) is 11.2 Å². The zero-order valence-corrected chi connectivity index (χ0v) is 14.9. The predicted molar refractivity (Wildman–Crippen MR) is 105 cm³/mol. The van der Waals surface area contributed by atoms with Crippen LogP contribution >= 0.6 is 12.8 Å². The van der Waals surface area contributed by atoms with Crippen molar-refractivity contribution in [1.29, 1.82) is 0 Å². The number of amides is 2. The van der Waals surface area contributed by atoms with Crippen LogP contribution in [0.3, 0.4) is 0 Å². The molecule has 0 saturated carbocycles. The number of rotatable bonds is 4. The number of thiol groups is 1. The van der Waals surface area contributed by atoms with Crippen molar-refractivity contribution < 1.29 is 4.79 Å². The van der Waals surface area contributed by atoms with Gasteiger partial charge in [-0.2, -0.15) is 0 Å². The summed E-state index contributed by atoms with van der Waals surface area (Å²) >= 11 is 4.06. The average molecular weight is 364 g/mol. The first kappa shape index (κ1) is 17.5. The molecule has 3 aromatic rings. The summed E-state index contributed by atoms with van der Waals surface area (Å²) < 4.78 is 1.24. The SMILES string of the molecule is C#Cc1ccccc1Nc1cnc2ccc(NC(=O)N(S)CC)nc2n1. The number of anilines is 3. The summed E-state index contributed by atoms with van der Waals surface area (Å²) in [5.74, 6) is 3.48. The topological polar surface area (TPSA) is 83.0 Å². The molecule has 0 aliphatic rings. The van der Waals surface area contributed by atoms with Gasteiger partial charge in [0.2, 0.25) is 0 Å². The van der Waals surface area contributed by atoms with Crippen molar-refractivity contribution in [2.75, 3.05) is 17.2 Å². The minimum absolute atomic E-state index is 0.366. The van der Waals surface area contributed by atoms with E-state index in [1.54, 1.807) is 18.3 Å². The highest BCUT2D eigenvalue weighted by molar-refractivity contribution is 7.78. The van der Waals surface area contributed by atoms with Crippen LogP contribution in [-0.4, -0.2) is 31.8 Å². The van der Waals surface area contributed by atoms with Crippen molar-refractivity contribution in [1.82, 2.24) is 19.3 Å². The van der Waals surface area contributed by atoms with Gasteiger partial charge in [-0.25, -0.2) is 19.7 Å². The van der Waals surface area contributed by atoms with E-state index in [0.717, 1.165) is 11.3 Å². The molecule has 0 unspecified atom stereocenters. The molecule has 0 radical (unpaired) electrons. The molecule has 0 fully saturated rings. The Morgan fingerprint density at radius 1 is 1.23 bits per heavy atom. The van der Waals surface area contributed by atoms with Gasteiger partial charge in [0.05, 0.1) is 11.9 Å². The lowest BCUT2D eigenvalue weighted by atomic mass is 10.2. The van der Waals surface area contributed by atoms with Crippen molar-refractivity contribution in [3.8, 4) is 12.3 Å². The van der Waals surface area contributed by atoms with E-state index in [-0.39, 0.29) is 6.03 Å². The summed E-state index contributed by atoms with van der Waals surface area (Å²) in [4.78, 5) is 25.0. The number of para-hydroxylation sites is 1. The van der Waals surface area contributed by atoms with E-state index in [9.17, 15) is 4.79 Å². The molecule has 8 heteroatoms. The second-order valence-electron chi connectivity index (χ2n) is 5.26. The van der Waals surface area contributed by atoms with Crippen molar-refractivity contribution in [2.45, 2.75) is 6.92 Å². The minimum Gasteiger partial charge on any atom is -0.338 e. The highest BCUT2D eigenvalue weighted by Gasteiger charge is 2.10. The lowest BCUT2D eigenvalue weighted by molar-refractivity contribution is 0.240. The van der Waals surface area contributed by atoms with Crippen LogP contribution in [0.4, 0.5) is 22.1 Å². The van der Waals surface area contributed by atoms with E-state index in [4.69, 9.17) is 6.42 Å². The Balaban J connectivity index is 1.87. The number of aromatic nitrogens is 3. The van der Waals surface area contributed by atoms with Gasteiger partial charge in [-0.05, 0) is 31.2 Å². The standard InChI is InChI=1S/C18H16N6OS/c1-3-12-7-5-6-8-13(12)20-16-11-19-14-9-10-15(21-17(14)22-16)23-18(25)24(26)4-2/h1,5-11,26H,4H2,2H3,(H2,20,21,22,23,25). The largest absolute Gasteiger partial charge is 0.338 e. The fraction of sp³-hybridized carbons (Fsp3) is 0.111. The molecule has 3 rings (SSSR count). The first-order valence-corrected chi connectivity index (χ1v) is 8.24. The quantitative estimate of drug-likeness (QED) is 0.488. The molecule has 2 aromatic heterocycles. The number of carbonyl (C=O) groups is 1. The number of pyridine rings is 1. The summed E-state index contributed by atoms with van der Waals surface area (Å²) in [7, 11) is 0. The summed E-state index contributed by atoms with van der Waals surface area (Å²) in [6.07, 6.45) is 7.11. The number of nitrogens with one attached hydrogen (secondary N) is 2. The maximum atomic E-state index is 11.9. The van der Waals surface area contributed by atoms with Crippen LogP contribution in [0.15, 0.2) is 42.6 Å². The lowest BCUT2D eigenvalue weighted by Gasteiger charge is -2.13. The fourth-order valence-corrected chi connectivity index (χ4v) is 2.25. The molecule has 0 saturated heterocycles. The highest BCUT2D eigenvalue weighted by atomic mass is 32.1. The van der Waals surface area contributed by atoms with Gasteiger partial charge in [-0.15, -0.1) is 6.42 Å². The fourth-order valence-electron chi connectivity index (χ4n) is 2.20. The number of hydrogen-bond acceptors (Lipinski definition) is 6. The van der Waals surface area contributed by atoms with Gasteiger partial charge in [-0.3, -0.25) is 9.62 Å². The van der Waals surface area contributed by atoms with Crippen molar-refractivity contribution >= 4 is 47.3 Å².